The molecule has 0 saturated carbocycles. The third-order valence-corrected chi connectivity index (χ3v) is 21.3. The quantitative estimate of drug-likeness (QED) is 0.123. The van der Waals surface area contributed by atoms with Crippen molar-refractivity contribution >= 4 is 76.4 Å². The number of aromatic nitrogens is 2. The Balaban J connectivity index is 0.000000119. The zero-order valence-corrected chi connectivity index (χ0v) is 53.8. The van der Waals surface area contributed by atoms with Gasteiger partial charge in [-0.25, -0.2) is 21.9 Å². The Morgan fingerprint density at radius 2 is 0.957 bits per heavy atom. The van der Waals surface area contributed by atoms with Gasteiger partial charge in [0.1, 0.15) is 29.2 Å². The van der Waals surface area contributed by atoms with Crippen LogP contribution in [0.5, 0.6) is 0 Å². The third kappa shape index (κ3) is 12.8. The Kier molecular flexibility index (Phi) is 18.3. The second kappa shape index (κ2) is 26.4. The number of fused-ring (bicyclic) bond motifs is 1. The van der Waals surface area contributed by atoms with Gasteiger partial charge in [-0.1, -0.05) is 36.4 Å². The number of ketones is 5. The molecule has 15 nitrogen and oxygen atoms in total. The van der Waals surface area contributed by atoms with E-state index in [4.69, 9.17) is 5.26 Å². The first-order valence-electron chi connectivity index (χ1n) is 30.7. The molecule has 93 heavy (non-hydrogen) atoms. The second-order valence-electron chi connectivity index (χ2n) is 24.1. The van der Waals surface area contributed by atoms with E-state index < -0.39 is 39.4 Å². The Morgan fingerprint density at radius 3 is 1.49 bits per heavy atom. The Morgan fingerprint density at radius 1 is 0.505 bits per heavy atom. The molecule has 15 rings (SSSR count). The van der Waals surface area contributed by atoms with Crippen molar-refractivity contribution < 1.29 is 54.3 Å². The van der Waals surface area contributed by atoms with E-state index in [0.717, 1.165) is 114 Å². The molecule has 476 valence electrons. The molecule has 5 aliphatic carbocycles. The first kappa shape index (κ1) is 64.5. The molecule has 0 amide bonds. The highest BCUT2D eigenvalue weighted by Crippen LogP contribution is 2.50. The number of carbonyl (C=O) groups is 5. The van der Waals surface area contributed by atoms with Crippen LogP contribution in [0, 0.1) is 34.3 Å². The molecule has 6 heterocycles. The SMILES string of the molecule is N#Cc1cccc(C2C3=C(CCCC3=O)NC3=C2C(=O)CCC3)c1.N#Cc1cccc(C2C=C(C(F)(F)F)NC3=C2C(=O)CCC3)c1.O=C1CCCC2=C1C(c1ccc(F)c(Br)c1)C1=C(CCS1(=O)=O)N2.O=C1CCCC2=C1C(c1ccc(F)c(Br)c1)n1nccc1N2. The van der Waals surface area contributed by atoms with Gasteiger partial charge in [0.25, 0.3) is 0 Å². The van der Waals surface area contributed by atoms with Crippen LogP contribution in [-0.2, 0) is 33.8 Å². The lowest BCUT2D eigenvalue weighted by Crippen LogP contribution is -2.36. The lowest BCUT2D eigenvalue weighted by molar-refractivity contribution is -0.118. The predicted octanol–water partition coefficient (Wildman–Crippen LogP) is 14.1. The van der Waals surface area contributed by atoms with Gasteiger partial charge in [0, 0.05) is 118 Å². The molecule has 23 heteroatoms. The summed E-state index contributed by atoms with van der Waals surface area (Å²) in [5.74, 6) is -1.31. The number of anilines is 1. The number of hydrogen-bond donors (Lipinski definition) is 4. The smallest absolute Gasteiger partial charge is 0.362 e. The monoisotopic (exact) mass is 1410 g/mol. The van der Waals surface area contributed by atoms with Crippen molar-refractivity contribution in [1.29, 1.82) is 10.5 Å². The van der Waals surface area contributed by atoms with Crippen molar-refractivity contribution in [3.63, 3.8) is 0 Å². The normalized spacial score (nSPS) is 22.1. The molecule has 5 aliphatic heterocycles. The molecule has 0 bridgehead atoms. The molecule has 0 fully saturated rings. The maximum Gasteiger partial charge on any atom is 0.430 e. The summed E-state index contributed by atoms with van der Waals surface area (Å²) in [5, 5.41) is 34.8. The summed E-state index contributed by atoms with van der Waals surface area (Å²) in [5.41, 5.74) is 10.9. The average Bonchev–Trinajstić information content (AvgIpc) is 1.74. The van der Waals surface area contributed by atoms with Gasteiger partial charge in [-0.05, 0) is 173 Å². The van der Waals surface area contributed by atoms with Crippen molar-refractivity contribution in [2.45, 2.75) is 133 Å². The van der Waals surface area contributed by atoms with E-state index in [1.165, 1.54) is 18.2 Å². The maximum atomic E-state index is 13.6. The lowest BCUT2D eigenvalue weighted by atomic mass is 9.71. The zero-order valence-electron chi connectivity index (χ0n) is 49.8. The third-order valence-electron chi connectivity index (χ3n) is 18.2. The Hall–Kier alpha value is -8.64. The Labute approximate surface area is 549 Å². The molecular formula is C70H59Br2F5N8O7S. The lowest BCUT2D eigenvalue weighted by Gasteiger charge is -2.37. The number of halogens is 7. The number of benzene rings is 4. The summed E-state index contributed by atoms with van der Waals surface area (Å²) >= 11 is 6.39. The van der Waals surface area contributed by atoms with E-state index in [9.17, 15) is 59.6 Å². The fourth-order valence-corrected chi connectivity index (χ4v) is 16.8. The highest BCUT2D eigenvalue weighted by molar-refractivity contribution is 9.10. The number of sulfone groups is 1. The van der Waals surface area contributed by atoms with E-state index in [0.29, 0.717) is 101 Å². The Bertz CT molecular complexity index is 4460. The van der Waals surface area contributed by atoms with Crippen molar-refractivity contribution in [3.8, 4) is 12.1 Å². The van der Waals surface area contributed by atoms with Gasteiger partial charge in [0.2, 0.25) is 0 Å². The van der Waals surface area contributed by atoms with Gasteiger partial charge in [-0.15, -0.1) is 0 Å². The van der Waals surface area contributed by atoms with Crippen LogP contribution in [0.3, 0.4) is 0 Å². The molecule has 0 radical (unpaired) electrons. The van der Waals surface area contributed by atoms with Crippen LogP contribution >= 0.6 is 31.9 Å². The molecule has 0 spiro atoms. The minimum atomic E-state index is -4.51. The van der Waals surface area contributed by atoms with Crippen molar-refractivity contribution in [2.75, 3.05) is 11.1 Å². The fourth-order valence-electron chi connectivity index (χ4n) is 14.1. The number of Topliss-reactive ketones (excluding diaryl/α,β-unsaturated/α-hetero) is 5. The number of nitrogens with one attached hydrogen (secondary N) is 4. The van der Waals surface area contributed by atoms with Gasteiger partial charge in [-0.3, -0.25) is 24.0 Å². The van der Waals surface area contributed by atoms with Crippen LogP contribution in [0.2, 0.25) is 0 Å². The summed E-state index contributed by atoms with van der Waals surface area (Å²) in [6.45, 7) is 0. The van der Waals surface area contributed by atoms with Crippen molar-refractivity contribution in [1.82, 2.24) is 25.7 Å². The number of nitriles is 2. The zero-order chi connectivity index (χ0) is 65.6. The van der Waals surface area contributed by atoms with Gasteiger partial charge in [-0.2, -0.15) is 28.8 Å². The number of dihydropyridines is 3. The van der Waals surface area contributed by atoms with E-state index in [1.807, 2.05) is 30.3 Å². The van der Waals surface area contributed by atoms with Crippen LogP contribution in [0.25, 0.3) is 0 Å². The number of nitrogens with zero attached hydrogens (tertiary/aromatic N) is 4. The van der Waals surface area contributed by atoms with Crippen LogP contribution in [-0.4, -0.2) is 59.0 Å². The first-order valence-corrected chi connectivity index (χ1v) is 33.9. The van der Waals surface area contributed by atoms with Crippen LogP contribution in [0.4, 0.5) is 27.8 Å². The molecule has 3 unspecified atom stereocenters. The van der Waals surface area contributed by atoms with Crippen LogP contribution in [0.15, 0.2) is 185 Å². The average molecular weight is 1410 g/mol. The van der Waals surface area contributed by atoms with Crippen LogP contribution < -0.4 is 21.3 Å². The van der Waals surface area contributed by atoms with Gasteiger partial charge < -0.3 is 21.3 Å². The van der Waals surface area contributed by atoms with E-state index in [2.05, 4.69) is 64.3 Å². The largest absolute Gasteiger partial charge is 0.430 e. The van der Waals surface area contributed by atoms with Gasteiger partial charge in [0.05, 0.1) is 55.0 Å². The second-order valence-corrected chi connectivity index (χ2v) is 27.8. The summed E-state index contributed by atoms with van der Waals surface area (Å²) in [6.07, 6.45) is 8.62. The standard InChI is InChI=1S/C20H18N2O2.C17H15BrFNO3S.C17H13F3N2O.C16H13BrFN3O/c21-11-12-4-1-5-13(10-12)18-19-14(6-2-8-16(19)23)22-15-7-3-9-17(24)20(15)18;18-10-8-9(4-5-11(10)19)15-16-12(2-1-3-14(16)21)20-13-6-7-24(22,23)17(13)15;18-17(19,20)15-8-12(11-4-1-3-10(7-11)9-21)16-13(22-15)5-2-6-14(16)23;17-10-8-9(4-5-11(10)18)16-15-12(2-1-3-13(15)22)20-14-6-7-19-21(14)16/h1,4-5,10,18,22H,2-3,6-9H2;4-5,8,15,20H,1-3,6-7H2;1,3-4,7-8,12,22H,2,5-6H2;4-8,16,20H,1-3H2. The minimum absolute atomic E-state index is 0.0251. The summed E-state index contributed by atoms with van der Waals surface area (Å²) < 4.78 is 94.2. The number of allylic oxidation sites excluding steroid dienone is 14. The number of alkyl halides is 3. The summed E-state index contributed by atoms with van der Waals surface area (Å²) in [6, 6.07) is 28.7. The highest BCUT2D eigenvalue weighted by atomic mass is 79.9. The summed E-state index contributed by atoms with van der Waals surface area (Å²) in [4.78, 5) is 62.9. The van der Waals surface area contributed by atoms with Gasteiger partial charge >= 0.3 is 6.18 Å². The van der Waals surface area contributed by atoms with Crippen molar-refractivity contribution in [3.05, 3.63) is 230 Å². The van der Waals surface area contributed by atoms with Gasteiger partial charge in [0.15, 0.2) is 38.8 Å². The molecule has 4 aromatic carbocycles. The molecule has 10 aliphatic rings. The fraction of sp³-hybridized carbons (Fsp3) is 0.314. The number of carbonyl (C=O) groups excluding carboxylic acids is 5. The van der Waals surface area contributed by atoms with E-state index in [-0.39, 0.29) is 61.8 Å². The molecular weight excluding hydrogens is 1350 g/mol. The molecule has 4 N–H and O–H groups in total. The minimum Gasteiger partial charge on any atom is -0.362 e. The van der Waals surface area contributed by atoms with Crippen molar-refractivity contribution in [2.24, 2.45) is 0 Å². The number of hydrogen-bond acceptors (Lipinski definition) is 14. The van der Waals surface area contributed by atoms with Crippen LogP contribution in [0.1, 0.15) is 160 Å². The van der Waals surface area contributed by atoms with E-state index >= 15 is 0 Å². The number of rotatable bonds is 4. The predicted molar refractivity (Wildman–Crippen MR) is 341 cm³/mol. The molecule has 3 atom stereocenters. The van der Waals surface area contributed by atoms with E-state index in [1.54, 1.807) is 59.4 Å². The molecule has 0 saturated heterocycles. The molecule has 1 aromatic heterocycles. The summed E-state index contributed by atoms with van der Waals surface area (Å²) in [7, 11) is -3.42. The first-order chi connectivity index (χ1) is 44.6. The topological polar surface area (TPSA) is 233 Å². The maximum absolute atomic E-state index is 13.6. The molecule has 5 aromatic rings. The highest BCUT2D eigenvalue weighted by Gasteiger charge is 2.46.